The number of Topliss-reactive ketones (excluding diaryl/α,β-unsaturated/α-hetero) is 1. The smallest absolute Gasteiger partial charge is 0.408 e. The Hall–Kier alpha value is -1.78. The van der Waals surface area contributed by atoms with Crippen LogP contribution in [0, 0.1) is 0 Å². The SMILES string of the molecule is CC(C)(C)OC(=O)N[C@@H](COCc1ccccc1)[C@H](O[Si](C)(C)C(C)(C)C)C(=O)[C@@H]1COC(C)(C)O1. The third-order valence-electron chi connectivity index (χ3n) is 6.31. The third-order valence-corrected chi connectivity index (χ3v) is 10.8. The van der Waals surface area contributed by atoms with Crippen molar-refractivity contribution in [1.29, 1.82) is 0 Å². The minimum absolute atomic E-state index is 0.0517. The summed E-state index contributed by atoms with van der Waals surface area (Å²) in [6.45, 7) is 19.8. The molecule has 1 aromatic rings. The Bertz CT molecular complexity index is 874. The van der Waals surface area contributed by atoms with Gasteiger partial charge in [-0.1, -0.05) is 51.1 Å². The normalized spacial score (nSPS) is 20.0. The van der Waals surface area contributed by atoms with E-state index in [1.807, 2.05) is 30.3 Å². The Balaban J connectivity index is 2.34. The summed E-state index contributed by atoms with van der Waals surface area (Å²) in [5, 5.41) is 2.69. The standard InChI is InChI=1S/C27H45NO7Si/c1-25(2,3)34-24(30)28-20(17-31-16-19-14-12-11-13-15-19)23(35-36(9,10)26(4,5)6)22(29)21-18-32-27(7,8)33-21/h11-15,20-21,23H,16-18H2,1-10H3,(H,28,30)/t20-,21-,23-/m0/s1. The maximum Gasteiger partial charge on any atom is 0.408 e. The van der Waals surface area contributed by atoms with E-state index in [0.717, 1.165) is 5.56 Å². The lowest BCUT2D eigenvalue weighted by molar-refractivity contribution is -0.157. The van der Waals surface area contributed by atoms with Crippen molar-refractivity contribution in [2.24, 2.45) is 0 Å². The Morgan fingerprint density at radius 2 is 1.72 bits per heavy atom. The number of rotatable bonds is 10. The molecule has 0 saturated carbocycles. The number of hydrogen-bond donors (Lipinski definition) is 1. The number of benzene rings is 1. The zero-order valence-electron chi connectivity index (χ0n) is 23.6. The summed E-state index contributed by atoms with van der Waals surface area (Å²) < 4.78 is 29.7. The minimum Gasteiger partial charge on any atom is -0.444 e. The molecule has 1 saturated heterocycles. The molecule has 1 N–H and O–H groups in total. The number of amides is 1. The third kappa shape index (κ3) is 9.26. The van der Waals surface area contributed by atoms with Crippen LogP contribution >= 0.6 is 0 Å². The fourth-order valence-electron chi connectivity index (χ4n) is 3.38. The molecule has 8 nitrogen and oxygen atoms in total. The molecule has 0 aromatic heterocycles. The second-order valence-electron chi connectivity index (χ2n) is 12.3. The predicted octanol–water partition coefficient (Wildman–Crippen LogP) is 5.21. The van der Waals surface area contributed by atoms with E-state index >= 15 is 0 Å². The fraction of sp³-hybridized carbons (Fsp3) is 0.704. The highest BCUT2D eigenvalue weighted by Gasteiger charge is 2.47. The molecule has 1 heterocycles. The molecular formula is C27H45NO7Si. The van der Waals surface area contributed by atoms with Crippen LogP contribution in [-0.4, -0.2) is 63.0 Å². The number of hydrogen-bond acceptors (Lipinski definition) is 7. The summed E-state index contributed by atoms with van der Waals surface area (Å²) in [4.78, 5) is 26.6. The van der Waals surface area contributed by atoms with Crippen molar-refractivity contribution in [3.63, 3.8) is 0 Å². The molecule has 0 radical (unpaired) electrons. The molecule has 1 fully saturated rings. The van der Waals surface area contributed by atoms with Crippen molar-refractivity contribution in [2.75, 3.05) is 13.2 Å². The van der Waals surface area contributed by atoms with Gasteiger partial charge in [0.15, 0.2) is 19.9 Å². The first-order chi connectivity index (χ1) is 16.4. The van der Waals surface area contributed by atoms with E-state index < -0.39 is 44.0 Å². The molecule has 0 unspecified atom stereocenters. The van der Waals surface area contributed by atoms with Gasteiger partial charge in [-0.3, -0.25) is 4.79 Å². The monoisotopic (exact) mass is 523 g/mol. The lowest BCUT2D eigenvalue weighted by atomic mass is 10.0. The number of carbonyl (C=O) groups excluding carboxylic acids is 2. The highest BCUT2D eigenvalue weighted by atomic mass is 28.4. The molecule has 3 atom stereocenters. The molecular weight excluding hydrogens is 478 g/mol. The molecule has 36 heavy (non-hydrogen) atoms. The lowest BCUT2D eigenvalue weighted by Crippen LogP contribution is -2.58. The molecule has 0 spiro atoms. The molecule has 1 aromatic carbocycles. The van der Waals surface area contributed by atoms with Gasteiger partial charge < -0.3 is 28.7 Å². The summed E-state index contributed by atoms with van der Waals surface area (Å²) in [5.41, 5.74) is 0.280. The largest absolute Gasteiger partial charge is 0.444 e. The second kappa shape index (κ2) is 11.7. The van der Waals surface area contributed by atoms with Crippen LogP contribution in [0.3, 0.4) is 0 Å². The van der Waals surface area contributed by atoms with E-state index in [4.69, 9.17) is 23.4 Å². The quantitative estimate of drug-likeness (QED) is 0.421. The number of ether oxygens (including phenoxy) is 4. The van der Waals surface area contributed by atoms with E-state index in [1.54, 1.807) is 34.6 Å². The summed E-state index contributed by atoms with van der Waals surface area (Å²) in [6.07, 6.45) is -2.46. The summed E-state index contributed by atoms with van der Waals surface area (Å²) in [5.74, 6) is -1.16. The minimum atomic E-state index is -2.45. The van der Waals surface area contributed by atoms with Crippen molar-refractivity contribution in [3.05, 3.63) is 35.9 Å². The molecule has 1 aliphatic heterocycles. The van der Waals surface area contributed by atoms with Gasteiger partial charge >= 0.3 is 6.09 Å². The Morgan fingerprint density at radius 3 is 2.22 bits per heavy atom. The predicted molar refractivity (Wildman–Crippen MR) is 141 cm³/mol. The van der Waals surface area contributed by atoms with Crippen LogP contribution in [0.2, 0.25) is 18.1 Å². The van der Waals surface area contributed by atoms with E-state index in [0.29, 0.717) is 6.61 Å². The highest BCUT2D eigenvalue weighted by Crippen LogP contribution is 2.38. The van der Waals surface area contributed by atoms with Gasteiger partial charge in [0, 0.05) is 0 Å². The summed E-state index contributed by atoms with van der Waals surface area (Å²) in [7, 11) is -2.45. The van der Waals surface area contributed by atoms with Gasteiger partial charge in [0.05, 0.1) is 25.9 Å². The average Bonchev–Trinajstić information content (AvgIpc) is 3.09. The van der Waals surface area contributed by atoms with Crippen molar-refractivity contribution >= 4 is 20.2 Å². The van der Waals surface area contributed by atoms with Crippen LogP contribution in [0.15, 0.2) is 30.3 Å². The van der Waals surface area contributed by atoms with Gasteiger partial charge in [0.1, 0.15) is 17.8 Å². The first-order valence-electron chi connectivity index (χ1n) is 12.5. The van der Waals surface area contributed by atoms with Crippen LogP contribution in [-0.2, 0) is 34.8 Å². The number of alkyl carbamates (subject to hydrolysis) is 1. The van der Waals surface area contributed by atoms with Gasteiger partial charge in [0.25, 0.3) is 0 Å². The Morgan fingerprint density at radius 1 is 1.11 bits per heavy atom. The lowest BCUT2D eigenvalue weighted by Gasteiger charge is -2.41. The van der Waals surface area contributed by atoms with Gasteiger partial charge in [-0.15, -0.1) is 0 Å². The Kier molecular flexibility index (Phi) is 9.92. The van der Waals surface area contributed by atoms with Crippen molar-refractivity contribution in [2.45, 2.75) is 110 Å². The Labute approximate surface area is 217 Å². The summed E-state index contributed by atoms with van der Waals surface area (Å²) in [6, 6.07) is 8.91. The van der Waals surface area contributed by atoms with Gasteiger partial charge in [-0.05, 0) is 58.3 Å². The molecule has 2 rings (SSSR count). The van der Waals surface area contributed by atoms with Crippen LogP contribution in [0.25, 0.3) is 0 Å². The van der Waals surface area contributed by atoms with Gasteiger partial charge in [-0.25, -0.2) is 4.79 Å². The average molecular weight is 524 g/mol. The van der Waals surface area contributed by atoms with Crippen LogP contribution in [0.4, 0.5) is 4.79 Å². The van der Waals surface area contributed by atoms with Gasteiger partial charge in [0.2, 0.25) is 0 Å². The van der Waals surface area contributed by atoms with E-state index in [1.165, 1.54) is 0 Å². The molecule has 204 valence electrons. The number of nitrogens with one attached hydrogen (secondary N) is 1. The van der Waals surface area contributed by atoms with Crippen molar-refractivity contribution in [1.82, 2.24) is 5.32 Å². The van der Waals surface area contributed by atoms with Crippen molar-refractivity contribution < 1.29 is 33.0 Å². The molecule has 9 heteroatoms. The zero-order chi connectivity index (χ0) is 27.4. The van der Waals surface area contributed by atoms with Crippen LogP contribution in [0.5, 0.6) is 0 Å². The molecule has 1 amide bonds. The fourth-order valence-corrected chi connectivity index (χ4v) is 4.65. The first kappa shape index (κ1) is 30.4. The van der Waals surface area contributed by atoms with E-state index in [9.17, 15) is 9.59 Å². The molecule has 0 aliphatic carbocycles. The van der Waals surface area contributed by atoms with Crippen LogP contribution in [0.1, 0.15) is 61.0 Å². The number of carbonyl (C=O) groups is 2. The van der Waals surface area contributed by atoms with E-state index in [2.05, 4.69) is 39.2 Å². The molecule has 0 bridgehead atoms. The first-order valence-corrected chi connectivity index (χ1v) is 15.5. The zero-order valence-corrected chi connectivity index (χ0v) is 24.6. The second-order valence-corrected chi connectivity index (χ2v) is 17.0. The highest BCUT2D eigenvalue weighted by molar-refractivity contribution is 6.74. The number of ketones is 1. The maximum atomic E-state index is 13.8. The van der Waals surface area contributed by atoms with Crippen molar-refractivity contribution in [3.8, 4) is 0 Å². The van der Waals surface area contributed by atoms with Gasteiger partial charge in [-0.2, -0.15) is 0 Å². The van der Waals surface area contributed by atoms with E-state index in [-0.39, 0.29) is 24.0 Å². The summed E-state index contributed by atoms with van der Waals surface area (Å²) >= 11 is 0. The maximum absolute atomic E-state index is 13.8. The topological polar surface area (TPSA) is 92.3 Å². The molecule has 1 aliphatic rings. The van der Waals surface area contributed by atoms with Crippen LogP contribution < -0.4 is 5.32 Å².